The van der Waals surface area contributed by atoms with Gasteiger partial charge in [-0.15, -0.1) is 22.7 Å². The third kappa shape index (κ3) is 5.84. The van der Waals surface area contributed by atoms with Gasteiger partial charge in [0.25, 0.3) is 10.0 Å². The summed E-state index contributed by atoms with van der Waals surface area (Å²) in [7, 11) is -3.77. The molecule has 15 heteroatoms. The minimum absolute atomic E-state index is 0.220. The molecule has 0 bridgehead atoms. The van der Waals surface area contributed by atoms with Crippen LogP contribution in [-0.4, -0.2) is 54.0 Å². The standard InChI is InChI=1S/C20H18N4O3S3.C2HF3O2/c21-19-18-13(11-28-16(18)5-7-22-19)10-24-8-6-14(20(24)25)23-30(26,27)17-9-12-3-1-2-4-15(12)29-17;3-2(4,5)1(6)7/h1-5,7,9,11,14,23H,6,8,10H2,(H2,21,22);(H,6,7)/t14-;/m1./s1. The van der Waals surface area contributed by atoms with Crippen molar-refractivity contribution in [3.63, 3.8) is 0 Å². The maximum Gasteiger partial charge on any atom is 0.490 e. The number of aromatic nitrogens is 1. The topological polar surface area (TPSA) is 143 Å². The number of carboxylic acids is 1. The first-order valence-electron chi connectivity index (χ1n) is 10.6. The van der Waals surface area contributed by atoms with E-state index in [4.69, 9.17) is 15.6 Å². The Morgan fingerprint density at radius 2 is 1.95 bits per heavy atom. The fourth-order valence-electron chi connectivity index (χ4n) is 3.74. The Hall–Kier alpha value is -3.27. The van der Waals surface area contributed by atoms with Gasteiger partial charge in [-0.25, -0.2) is 18.2 Å². The molecule has 4 N–H and O–H groups in total. The van der Waals surface area contributed by atoms with Crippen molar-refractivity contribution in [2.24, 2.45) is 0 Å². The average Bonchev–Trinajstić information content (AvgIpc) is 3.53. The summed E-state index contributed by atoms with van der Waals surface area (Å²) in [5.74, 6) is -2.54. The van der Waals surface area contributed by atoms with E-state index in [1.54, 1.807) is 28.5 Å². The molecule has 1 atom stereocenters. The van der Waals surface area contributed by atoms with Crippen molar-refractivity contribution in [2.75, 3.05) is 12.3 Å². The number of anilines is 1. The second-order valence-corrected chi connectivity index (χ2v) is 11.9. The SMILES string of the molecule is Nc1nccc2scc(CN3CC[C@@H](NS(=O)(=O)c4cc5ccccc5s4)C3=O)c12.O=C(O)C(F)(F)F. The molecule has 0 unspecified atom stereocenters. The molecule has 4 aromatic rings. The minimum Gasteiger partial charge on any atom is -0.475 e. The molecule has 0 radical (unpaired) electrons. The van der Waals surface area contributed by atoms with Crippen LogP contribution in [-0.2, 0) is 26.2 Å². The predicted octanol–water partition coefficient (Wildman–Crippen LogP) is 3.81. The van der Waals surface area contributed by atoms with Crippen LogP contribution in [0.3, 0.4) is 0 Å². The maximum atomic E-state index is 12.9. The van der Waals surface area contributed by atoms with Crippen LogP contribution >= 0.6 is 22.7 Å². The van der Waals surface area contributed by atoms with Crippen molar-refractivity contribution >= 4 is 70.6 Å². The second-order valence-electron chi connectivity index (χ2n) is 7.96. The Morgan fingerprint density at radius 3 is 2.62 bits per heavy atom. The van der Waals surface area contributed by atoms with Gasteiger partial charge in [-0.1, -0.05) is 18.2 Å². The maximum absolute atomic E-state index is 12.9. The number of nitrogens with zero attached hydrogens (tertiary/aromatic N) is 2. The zero-order valence-electron chi connectivity index (χ0n) is 18.7. The first-order valence-corrected chi connectivity index (χ1v) is 13.7. The number of rotatable bonds is 5. The van der Waals surface area contributed by atoms with Crippen LogP contribution in [0.4, 0.5) is 19.0 Å². The molecule has 9 nitrogen and oxygen atoms in total. The highest BCUT2D eigenvalue weighted by atomic mass is 32.2. The van der Waals surface area contributed by atoms with Gasteiger partial charge in [-0.3, -0.25) is 4.79 Å². The van der Waals surface area contributed by atoms with E-state index in [9.17, 15) is 26.4 Å². The molecule has 1 aromatic carbocycles. The number of amides is 1. The Labute approximate surface area is 216 Å². The van der Waals surface area contributed by atoms with Crippen molar-refractivity contribution < 1.29 is 36.3 Å². The molecular formula is C22H19F3N4O5S3. The summed E-state index contributed by atoms with van der Waals surface area (Å²) in [6.45, 7) is 0.867. The minimum atomic E-state index is -5.08. The zero-order chi connectivity index (χ0) is 27.0. The number of carbonyl (C=O) groups excluding carboxylic acids is 1. The molecular weight excluding hydrogens is 553 g/mol. The van der Waals surface area contributed by atoms with E-state index in [0.717, 1.165) is 25.7 Å². The Bertz CT molecular complexity index is 1550. The van der Waals surface area contributed by atoms with Crippen LogP contribution in [0.5, 0.6) is 0 Å². The van der Waals surface area contributed by atoms with Crippen LogP contribution in [0.2, 0.25) is 0 Å². The van der Waals surface area contributed by atoms with Gasteiger partial charge in [-0.2, -0.15) is 17.9 Å². The summed E-state index contributed by atoms with van der Waals surface area (Å²) in [5.41, 5.74) is 6.95. The van der Waals surface area contributed by atoms with Gasteiger partial charge in [-0.05, 0) is 40.9 Å². The number of nitrogen functional groups attached to an aromatic ring is 1. The normalized spacial score (nSPS) is 16.2. The molecule has 1 amide bonds. The predicted molar refractivity (Wildman–Crippen MR) is 134 cm³/mol. The van der Waals surface area contributed by atoms with Crippen molar-refractivity contribution in [1.82, 2.24) is 14.6 Å². The number of carbonyl (C=O) groups is 2. The first-order chi connectivity index (χ1) is 17.4. The highest BCUT2D eigenvalue weighted by molar-refractivity contribution is 7.91. The van der Waals surface area contributed by atoms with Gasteiger partial charge in [0.1, 0.15) is 16.1 Å². The monoisotopic (exact) mass is 572 g/mol. The number of nitrogens with two attached hydrogens (primary N) is 1. The lowest BCUT2D eigenvalue weighted by molar-refractivity contribution is -0.192. The summed E-state index contributed by atoms with van der Waals surface area (Å²) < 4.78 is 62.2. The lowest BCUT2D eigenvalue weighted by Gasteiger charge is -2.17. The number of fused-ring (bicyclic) bond motifs is 2. The van der Waals surface area contributed by atoms with Crippen LogP contribution in [0.15, 0.2) is 52.2 Å². The van der Waals surface area contributed by atoms with E-state index in [0.29, 0.717) is 25.3 Å². The molecule has 37 heavy (non-hydrogen) atoms. The van der Waals surface area contributed by atoms with Gasteiger partial charge in [0.05, 0.1) is 0 Å². The number of hydrogen-bond donors (Lipinski definition) is 3. The third-order valence-corrected chi connectivity index (χ3v) is 9.52. The van der Waals surface area contributed by atoms with Gasteiger partial charge in [0.2, 0.25) is 5.91 Å². The van der Waals surface area contributed by atoms with Crippen LogP contribution < -0.4 is 10.5 Å². The van der Waals surface area contributed by atoms with Crippen molar-refractivity contribution in [2.45, 2.75) is 29.4 Å². The van der Waals surface area contributed by atoms with Gasteiger partial charge < -0.3 is 15.7 Å². The molecule has 0 aliphatic carbocycles. The number of benzene rings is 1. The van der Waals surface area contributed by atoms with Crippen molar-refractivity contribution in [3.05, 3.63) is 53.5 Å². The van der Waals surface area contributed by atoms with E-state index in [1.807, 2.05) is 35.7 Å². The van der Waals surface area contributed by atoms with Crippen LogP contribution in [0, 0.1) is 0 Å². The Balaban J connectivity index is 0.000000405. The fourth-order valence-corrected chi connectivity index (χ4v) is 7.33. The molecule has 3 aromatic heterocycles. The number of sulfonamides is 1. The number of hydrogen-bond acceptors (Lipinski definition) is 8. The van der Waals surface area contributed by atoms with Crippen molar-refractivity contribution in [3.8, 4) is 0 Å². The molecule has 196 valence electrons. The van der Waals surface area contributed by atoms with E-state index in [2.05, 4.69) is 9.71 Å². The largest absolute Gasteiger partial charge is 0.490 e. The molecule has 1 saturated heterocycles. The molecule has 1 aliphatic rings. The van der Waals surface area contributed by atoms with Crippen LogP contribution in [0.25, 0.3) is 20.2 Å². The lowest BCUT2D eigenvalue weighted by Crippen LogP contribution is -2.41. The number of alkyl halides is 3. The highest BCUT2D eigenvalue weighted by Crippen LogP contribution is 2.32. The fraction of sp³-hybridized carbons (Fsp3) is 0.227. The molecule has 5 rings (SSSR count). The van der Waals surface area contributed by atoms with Crippen molar-refractivity contribution in [1.29, 1.82) is 0 Å². The molecule has 1 fully saturated rings. The zero-order valence-corrected chi connectivity index (χ0v) is 21.2. The summed E-state index contributed by atoms with van der Waals surface area (Å²) in [6, 6.07) is 10.3. The number of halogens is 3. The first kappa shape index (κ1) is 26.8. The number of nitrogens with one attached hydrogen (secondary N) is 1. The molecule has 4 heterocycles. The average molecular weight is 573 g/mol. The van der Waals surface area contributed by atoms with Crippen LogP contribution in [0.1, 0.15) is 12.0 Å². The second kappa shape index (κ2) is 10.2. The summed E-state index contributed by atoms with van der Waals surface area (Å²) >= 11 is 2.76. The van der Waals surface area contributed by atoms with E-state index < -0.39 is 28.2 Å². The number of thiophene rings is 2. The van der Waals surface area contributed by atoms with E-state index >= 15 is 0 Å². The smallest absolute Gasteiger partial charge is 0.475 e. The highest BCUT2D eigenvalue weighted by Gasteiger charge is 2.38. The number of aliphatic carboxylic acids is 1. The van der Waals surface area contributed by atoms with Gasteiger partial charge in [0, 0.05) is 34.1 Å². The third-order valence-electron chi connectivity index (χ3n) is 5.46. The summed E-state index contributed by atoms with van der Waals surface area (Å²) in [5, 5.41) is 10.8. The molecule has 0 spiro atoms. The number of likely N-dealkylation sites (tertiary alicyclic amines) is 1. The lowest BCUT2D eigenvalue weighted by atomic mass is 10.2. The Kier molecular flexibility index (Phi) is 7.41. The van der Waals surface area contributed by atoms with Gasteiger partial charge in [0.15, 0.2) is 0 Å². The summed E-state index contributed by atoms with van der Waals surface area (Å²) in [6.07, 6.45) is -2.99. The summed E-state index contributed by atoms with van der Waals surface area (Å²) in [4.78, 5) is 27.6. The molecule has 0 saturated carbocycles. The molecule has 1 aliphatic heterocycles. The number of carboxylic acid groups (broad SMARTS) is 1. The van der Waals surface area contributed by atoms with E-state index in [1.165, 1.54) is 11.3 Å². The number of pyridine rings is 1. The Morgan fingerprint density at radius 1 is 1.24 bits per heavy atom. The quantitative estimate of drug-likeness (QED) is 0.330. The van der Waals surface area contributed by atoms with E-state index in [-0.39, 0.29) is 10.1 Å². The van der Waals surface area contributed by atoms with Gasteiger partial charge >= 0.3 is 12.1 Å².